The molecule has 0 atom stereocenters. The van der Waals surface area contributed by atoms with Gasteiger partial charge in [0.05, 0.1) is 5.39 Å². The fraction of sp³-hybridized carbons (Fsp3) is 0. The van der Waals surface area contributed by atoms with Gasteiger partial charge in [-0.05, 0) is 57.9 Å². The molecule has 0 aliphatic carbocycles. The van der Waals surface area contributed by atoms with Crippen LogP contribution in [0.3, 0.4) is 0 Å². The second kappa shape index (κ2) is 6.79. The molecule has 1 aromatic heterocycles. The molecular formula is C20H9BrF3NO3. The van der Waals surface area contributed by atoms with Crippen molar-refractivity contribution in [3.05, 3.63) is 97.4 Å². The Hall–Kier alpha value is -3.13. The number of hydrogen-bond acceptors (Lipinski definition) is 3. The van der Waals surface area contributed by atoms with Gasteiger partial charge in [0.15, 0.2) is 0 Å². The maximum atomic E-state index is 14.3. The number of aromatic nitrogens is 1. The first kappa shape index (κ1) is 18.2. The standard InChI is InChI=1S/C20H9BrF3NO3/c21-14-2-1-3-15(23)18(14)25-19(26)13-8-10(4-7-17(13)28-20(25)27)12-6-5-11(22)9-16(12)24/h1-9H. The van der Waals surface area contributed by atoms with Crippen molar-refractivity contribution in [2.75, 3.05) is 0 Å². The first-order valence-corrected chi connectivity index (χ1v) is 8.76. The normalized spacial score (nSPS) is 11.1. The summed E-state index contributed by atoms with van der Waals surface area (Å²) in [5.41, 5.74) is -0.824. The molecule has 4 rings (SSSR count). The highest BCUT2D eigenvalue weighted by Gasteiger charge is 2.18. The van der Waals surface area contributed by atoms with Crippen molar-refractivity contribution < 1.29 is 17.6 Å². The Labute approximate surface area is 163 Å². The van der Waals surface area contributed by atoms with E-state index in [1.807, 2.05) is 0 Å². The van der Waals surface area contributed by atoms with Gasteiger partial charge < -0.3 is 4.42 Å². The summed E-state index contributed by atoms with van der Waals surface area (Å²) in [6.45, 7) is 0. The molecule has 28 heavy (non-hydrogen) atoms. The van der Waals surface area contributed by atoms with Crippen molar-refractivity contribution in [2.45, 2.75) is 0 Å². The Morgan fingerprint density at radius 2 is 1.68 bits per heavy atom. The highest BCUT2D eigenvalue weighted by Crippen LogP contribution is 2.27. The fourth-order valence-electron chi connectivity index (χ4n) is 2.92. The molecule has 0 fully saturated rings. The molecule has 4 aromatic rings. The minimum absolute atomic E-state index is 0.0371. The monoisotopic (exact) mass is 447 g/mol. The summed E-state index contributed by atoms with van der Waals surface area (Å²) < 4.78 is 47.4. The second-order valence-corrected chi connectivity index (χ2v) is 6.77. The molecule has 0 bridgehead atoms. The molecule has 0 aliphatic heterocycles. The van der Waals surface area contributed by atoms with Crippen LogP contribution in [0.15, 0.2) is 73.1 Å². The minimum atomic E-state index is -1.07. The van der Waals surface area contributed by atoms with Crippen molar-refractivity contribution >= 4 is 26.9 Å². The van der Waals surface area contributed by atoms with Crippen LogP contribution in [0.1, 0.15) is 0 Å². The molecule has 140 valence electrons. The highest BCUT2D eigenvalue weighted by atomic mass is 79.9. The summed E-state index contributed by atoms with van der Waals surface area (Å²) in [4.78, 5) is 25.3. The van der Waals surface area contributed by atoms with Crippen LogP contribution in [-0.2, 0) is 0 Å². The van der Waals surface area contributed by atoms with E-state index in [1.165, 1.54) is 36.4 Å². The Morgan fingerprint density at radius 3 is 2.39 bits per heavy atom. The maximum Gasteiger partial charge on any atom is 0.427 e. The molecule has 0 N–H and O–H groups in total. The number of fused-ring (bicyclic) bond motifs is 1. The zero-order chi connectivity index (χ0) is 20.0. The topological polar surface area (TPSA) is 52.2 Å². The van der Waals surface area contributed by atoms with E-state index < -0.39 is 28.8 Å². The summed E-state index contributed by atoms with van der Waals surface area (Å²) in [6, 6.07) is 11.1. The largest absolute Gasteiger partial charge is 0.427 e. The molecular weight excluding hydrogens is 439 g/mol. The Balaban J connectivity index is 2.03. The van der Waals surface area contributed by atoms with Crippen LogP contribution in [0.5, 0.6) is 0 Å². The van der Waals surface area contributed by atoms with Gasteiger partial charge in [-0.25, -0.2) is 22.5 Å². The van der Waals surface area contributed by atoms with Crippen LogP contribution in [0.25, 0.3) is 27.8 Å². The van der Waals surface area contributed by atoms with Crippen LogP contribution >= 0.6 is 15.9 Å². The van der Waals surface area contributed by atoms with E-state index in [-0.39, 0.29) is 32.3 Å². The third-order valence-corrected chi connectivity index (χ3v) is 4.84. The lowest BCUT2D eigenvalue weighted by Crippen LogP contribution is -2.32. The molecule has 0 spiro atoms. The first-order chi connectivity index (χ1) is 13.4. The van der Waals surface area contributed by atoms with E-state index >= 15 is 0 Å². The molecule has 0 radical (unpaired) electrons. The van der Waals surface area contributed by atoms with E-state index in [4.69, 9.17) is 4.42 Å². The molecule has 0 unspecified atom stereocenters. The predicted octanol–water partition coefficient (Wildman–Crippen LogP) is 4.79. The van der Waals surface area contributed by atoms with Gasteiger partial charge in [-0.15, -0.1) is 0 Å². The van der Waals surface area contributed by atoms with Crippen LogP contribution in [0.4, 0.5) is 13.2 Å². The average molecular weight is 448 g/mol. The third-order valence-electron chi connectivity index (χ3n) is 4.20. The van der Waals surface area contributed by atoms with Gasteiger partial charge in [-0.1, -0.05) is 12.1 Å². The molecule has 0 amide bonds. The lowest BCUT2D eigenvalue weighted by Gasteiger charge is -2.09. The molecule has 0 saturated heterocycles. The van der Waals surface area contributed by atoms with E-state index in [9.17, 15) is 22.8 Å². The Morgan fingerprint density at radius 1 is 0.893 bits per heavy atom. The smallest absolute Gasteiger partial charge is 0.409 e. The second-order valence-electron chi connectivity index (χ2n) is 5.91. The van der Waals surface area contributed by atoms with E-state index in [0.717, 1.165) is 18.2 Å². The Bertz CT molecular complexity index is 1340. The lowest BCUT2D eigenvalue weighted by atomic mass is 10.0. The summed E-state index contributed by atoms with van der Waals surface area (Å²) in [5, 5.41) is -0.0593. The number of halogens is 4. The molecule has 0 aliphatic rings. The van der Waals surface area contributed by atoms with Gasteiger partial charge in [-0.2, -0.15) is 0 Å². The van der Waals surface area contributed by atoms with Crippen molar-refractivity contribution in [2.24, 2.45) is 0 Å². The number of nitrogens with zero attached hydrogens (tertiary/aromatic N) is 1. The van der Waals surface area contributed by atoms with Gasteiger partial charge >= 0.3 is 5.76 Å². The van der Waals surface area contributed by atoms with Gasteiger partial charge in [0.2, 0.25) is 0 Å². The van der Waals surface area contributed by atoms with E-state index in [0.29, 0.717) is 4.57 Å². The van der Waals surface area contributed by atoms with Crippen molar-refractivity contribution in [3.63, 3.8) is 0 Å². The maximum absolute atomic E-state index is 14.3. The van der Waals surface area contributed by atoms with Crippen LogP contribution in [-0.4, -0.2) is 4.57 Å². The van der Waals surface area contributed by atoms with Crippen LogP contribution < -0.4 is 11.3 Å². The number of benzene rings is 3. The highest BCUT2D eigenvalue weighted by molar-refractivity contribution is 9.10. The van der Waals surface area contributed by atoms with Gasteiger partial charge in [0.25, 0.3) is 5.56 Å². The molecule has 0 saturated carbocycles. The summed E-state index contributed by atoms with van der Waals surface area (Å²) in [7, 11) is 0. The van der Waals surface area contributed by atoms with Crippen molar-refractivity contribution in [3.8, 4) is 16.8 Å². The molecule has 3 aromatic carbocycles. The van der Waals surface area contributed by atoms with Gasteiger partial charge in [-0.3, -0.25) is 4.79 Å². The third kappa shape index (κ3) is 2.95. The fourth-order valence-corrected chi connectivity index (χ4v) is 3.44. The van der Waals surface area contributed by atoms with Gasteiger partial charge in [0.1, 0.15) is 28.7 Å². The number of rotatable bonds is 2. The summed E-state index contributed by atoms with van der Waals surface area (Å²) in [5.74, 6) is -3.42. The Kier molecular flexibility index (Phi) is 4.43. The van der Waals surface area contributed by atoms with Crippen LogP contribution in [0, 0.1) is 17.5 Å². The number of hydrogen-bond donors (Lipinski definition) is 0. The van der Waals surface area contributed by atoms with Gasteiger partial charge in [0, 0.05) is 16.1 Å². The molecule has 1 heterocycles. The van der Waals surface area contributed by atoms with Crippen LogP contribution in [0.2, 0.25) is 0 Å². The van der Waals surface area contributed by atoms with Crippen molar-refractivity contribution in [1.29, 1.82) is 0 Å². The zero-order valence-electron chi connectivity index (χ0n) is 13.9. The summed E-state index contributed by atoms with van der Waals surface area (Å²) in [6.07, 6.45) is 0. The SMILES string of the molecule is O=c1oc2ccc(-c3ccc(F)cc3F)cc2c(=O)n1-c1c(F)cccc1Br. The zero-order valence-corrected chi connectivity index (χ0v) is 15.5. The first-order valence-electron chi connectivity index (χ1n) is 7.96. The average Bonchev–Trinajstić information content (AvgIpc) is 2.64. The number of para-hydroxylation sites is 1. The lowest BCUT2D eigenvalue weighted by molar-refractivity contribution is 0.496. The van der Waals surface area contributed by atoms with Crippen molar-refractivity contribution in [1.82, 2.24) is 4.57 Å². The molecule has 4 nitrogen and oxygen atoms in total. The quantitative estimate of drug-likeness (QED) is 0.443. The van der Waals surface area contributed by atoms with E-state index in [2.05, 4.69) is 15.9 Å². The molecule has 8 heteroatoms. The predicted molar refractivity (Wildman–Crippen MR) is 101 cm³/mol. The summed E-state index contributed by atoms with van der Waals surface area (Å²) >= 11 is 3.12. The van der Waals surface area contributed by atoms with E-state index in [1.54, 1.807) is 0 Å². The minimum Gasteiger partial charge on any atom is -0.409 e.